The van der Waals surface area contributed by atoms with E-state index in [9.17, 15) is 4.79 Å². The van der Waals surface area contributed by atoms with E-state index in [0.717, 1.165) is 25.4 Å². The molecule has 1 heterocycles. The molecule has 2 aliphatic rings. The Morgan fingerprint density at radius 3 is 2.71 bits per heavy atom. The van der Waals surface area contributed by atoms with Crippen LogP contribution in [0.15, 0.2) is 30.3 Å². The number of hydrogen-bond acceptors (Lipinski definition) is 2. The van der Waals surface area contributed by atoms with Crippen LogP contribution in [0.4, 0.5) is 4.79 Å². The van der Waals surface area contributed by atoms with Crippen molar-refractivity contribution in [2.24, 2.45) is 5.92 Å². The zero-order valence-electron chi connectivity index (χ0n) is 12.7. The van der Waals surface area contributed by atoms with Crippen molar-refractivity contribution >= 4 is 6.03 Å². The first kappa shape index (κ1) is 14.4. The van der Waals surface area contributed by atoms with Crippen molar-refractivity contribution in [3.63, 3.8) is 0 Å². The van der Waals surface area contributed by atoms with Crippen LogP contribution in [0.5, 0.6) is 0 Å². The fraction of sp³-hybridized carbons (Fsp3) is 0.588. The third-order valence-electron chi connectivity index (χ3n) is 4.47. The lowest BCUT2D eigenvalue weighted by Gasteiger charge is -2.24. The average Bonchev–Trinajstić information content (AvgIpc) is 3.24. The van der Waals surface area contributed by atoms with Crippen molar-refractivity contribution in [2.45, 2.75) is 38.3 Å². The van der Waals surface area contributed by atoms with Gasteiger partial charge >= 0.3 is 6.03 Å². The van der Waals surface area contributed by atoms with Crippen molar-refractivity contribution in [2.75, 3.05) is 19.6 Å². The topological polar surface area (TPSA) is 44.4 Å². The molecule has 1 aromatic carbocycles. The smallest absolute Gasteiger partial charge is 0.317 e. The number of carbonyl (C=O) groups excluding carboxylic acids is 1. The van der Waals surface area contributed by atoms with Gasteiger partial charge in [-0.05, 0) is 37.7 Å². The second kappa shape index (κ2) is 6.48. The van der Waals surface area contributed by atoms with Gasteiger partial charge in [-0.2, -0.15) is 0 Å². The number of hydrogen-bond donors (Lipinski definition) is 2. The van der Waals surface area contributed by atoms with Crippen LogP contribution in [0.3, 0.4) is 0 Å². The Morgan fingerprint density at radius 2 is 2.05 bits per heavy atom. The minimum atomic E-state index is 0.0736. The van der Waals surface area contributed by atoms with Crippen LogP contribution in [0.25, 0.3) is 0 Å². The third-order valence-corrected chi connectivity index (χ3v) is 4.47. The van der Waals surface area contributed by atoms with E-state index >= 15 is 0 Å². The van der Waals surface area contributed by atoms with Crippen molar-refractivity contribution in [1.82, 2.24) is 15.5 Å². The Balaban J connectivity index is 1.59. The minimum absolute atomic E-state index is 0.0736. The highest BCUT2D eigenvalue weighted by Crippen LogP contribution is 2.41. The van der Waals surface area contributed by atoms with Crippen LogP contribution >= 0.6 is 0 Å². The lowest BCUT2D eigenvalue weighted by molar-refractivity contribution is 0.207. The van der Waals surface area contributed by atoms with Gasteiger partial charge in [0.05, 0.1) is 0 Å². The van der Waals surface area contributed by atoms with E-state index in [1.807, 2.05) is 11.8 Å². The van der Waals surface area contributed by atoms with Gasteiger partial charge in [0.1, 0.15) is 0 Å². The standard InChI is InChI=1S/C17H25N3O/c1-2-18-17(21)20-11-10-15(12-20)19-16(14-8-9-14)13-6-4-3-5-7-13/h3-7,14-16,19H,2,8-12H2,1H3,(H,18,21)/t15-,16+/m1/s1. The van der Waals surface area contributed by atoms with Crippen LogP contribution in [0, 0.1) is 5.92 Å². The Labute approximate surface area is 126 Å². The number of urea groups is 1. The minimum Gasteiger partial charge on any atom is -0.338 e. The second-order valence-corrected chi connectivity index (χ2v) is 6.16. The molecule has 21 heavy (non-hydrogen) atoms. The molecule has 1 aliphatic heterocycles. The second-order valence-electron chi connectivity index (χ2n) is 6.16. The Bertz CT molecular complexity index is 472. The molecule has 0 aromatic heterocycles. The predicted octanol–water partition coefficient (Wildman–Crippen LogP) is 2.53. The van der Waals surface area contributed by atoms with Gasteiger partial charge < -0.3 is 15.5 Å². The molecule has 1 saturated carbocycles. The summed E-state index contributed by atoms with van der Waals surface area (Å²) < 4.78 is 0. The molecular formula is C17H25N3O. The van der Waals surface area contributed by atoms with Crippen molar-refractivity contribution in [3.8, 4) is 0 Å². The monoisotopic (exact) mass is 287 g/mol. The molecule has 4 nitrogen and oxygen atoms in total. The summed E-state index contributed by atoms with van der Waals surface area (Å²) in [5, 5.41) is 6.69. The van der Waals surface area contributed by atoms with Crippen molar-refractivity contribution in [1.29, 1.82) is 0 Å². The van der Waals surface area contributed by atoms with Gasteiger partial charge in [0.2, 0.25) is 0 Å². The van der Waals surface area contributed by atoms with E-state index in [1.54, 1.807) is 0 Å². The summed E-state index contributed by atoms with van der Waals surface area (Å²) in [6, 6.07) is 11.7. The molecule has 2 amide bonds. The number of nitrogens with one attached hydrogen (secondary N) is 2. The maximum Gasteiger partial charge on any atom is 0.317 e. The first-order chi connectivity index (χ1) is 10.3. The zero-order valence-corrected chi connectivity index (χ0v) is 12.7. The molecule has 1 aliphatic carbocycles. The summed E-state index contributed by atoms with van der Waals surface area (Å²) in [6.07, 6.45) is 3.69. The predicted molar refractivity (Wildman–Crippen MR) is 84.1 cm³/mol. The first-order valence-electron chi connectivity index (χ1n) is 8.11. The number of carbonyl (C=O) groups is 1. The molecule has 0 bridgehead atoms. The summed E-state index contributed by atoms with van der Waals surface area (Å²) in [6.45, 7) is 4.34. The highest BCUT2D eigenvalue weighted by Gasteiger charge is 2.35. The molecule has 114 valence electrons. The quantitative estimate of drug-likeness (QED) is 0.874. The zero-order chi connectivity index (χ0) is 14.7. The summed E-state index contributed by atoms with van der Waals surface area (Å²) in [5.41, 5.74) is 1.39. The molecule has 2 fully saturated rings. The van der Waals surface area contributed by atoms with E-state index in [-0.39, 0.29) is 6.03 Å². The molecule has 0 unspecified atom stereocenters. The van der Waals surface area contributed by atoms with Crippen LogP contribution in [-0.4, -0.2) is 36.6 Å². The molecule has 1 saturated heterocycles. The van der Waals surface area contributed by atoms with Gasteiger partial charge in [0.25, 0.3) is 0 Å². The van der Waals surface area contributed by atoms with Gasteiger partial charge in [-0.25, -0.2) is 4.79 Å². The van der Waals surface area contributed by atoms with Crippen LogP contribution in [-0.2, 0) is 0 Å². The fourth-order valence-corrected chi connectivity index (χ4v) is 3.19. The number of amides is 2. The highest BCUT2D eigenvalue weighted by molar-refractivity contribution is 5.74. The molecule has 2 atom stereocenters. The molecule has 0 radical (unpaired) electrons. The average molecular weight is 287 g/mol. The maximum absolute atomic E-state index is 11.9. The van der Waals surface area contributed by atoms with Crippen LogP contribution in [0.1, 0.15) is 37.8 Å². The van der Waals surface area contributed by atoms with Crippen LogP contribution in [0.2, 0.25) is 0 Å². The third kappa shape index (κ3) is 3.56. The largest absolute Gasteiger partial charge is 0.338 e. The molecule has 3 rings (SSSR count). The van der Waals surface area contributed by atoms with E-state index in [4.69, 9.17) is 0 Å². The number of nitrogens with zero attached hydrogens (tertiary/aromatic N) is 1. The molecule has 0 spiro atoms. The summed E-state index contributed by atoms with van der Waals surface area (Å²) in [4.78, 5) is 13.8. The van der Waals surface area contributed by atoms with Gasteiger partial charge in [0.15, 0.2) is 0 Å². The SMILES string of the molecule is CCNC(=O)N1CC[C@@H](N[C@@H](c2ccccc2)C2CC2)C1. The van der Waals surface area contributed by atoms with Gasteiger partial charge in [-0.3, -0.25) is 0 Å². The van der Waals surface area contributed by atoms with Crippen LogP contribution < -0.4 is 10.6 Å². The van der Waals surface area contributed by atoms with E-state index in [0.29, 0.717) is 18.6 Å². The molecule has 4 heteroatoms. The highest BCUT2D eigenvalue weighted by atomic mass is 16.2. The Morgan fingerprint density at radius 1 is 1.29 bits per heavy atom. The number of benzene rings is 1. The molecule has 2 N–H and O–H groups in total. The normalized spacial score (nSPS) is 23.1. The summed E-state index contributed by atoms with van der Waals surface area (Å²) in [5.74, 6) is 0.769. The van der Waals surface area contributed by atoms with Crippen molar-refractivity contribution < 1.29 is 4.79 Å². The molecular weight excluding hydrogens is 262 g/mol. The van der Waals surface area contributed by atoms with E-state index in [2.05, 4.69) is 41.0 Å². The lowest BCUT2D eigenvalue weighted by Crippen LogP contribution is -2.41. The van der Waals surface area contributed by atoms with Gasteiger partial charge in [0, 0.05) is 31.7 Å². The Kier molecular flexibility index (Phi) is 4.44. The fourth-order valence-electron chi connectivity index (χ4n) is 3.19. The van der Waals surface area contributed by atoms with Crippen molar-refractivity contribution in [3.05, 3.63) is 35.9 Å². The Hall–Kier alpha value is -1.55. The van der Waals surface area contributed by atoms with E-state index < -0.39 is 0 Å². The van der Waals surface area contributed by atoms with E-state index in [1.165, 1.54) is 18.4 Å². The van der Waals surface area contributed by atoms with Gasteiger partial charge in [-0.1, -0.05) is 30.3 Å². The molecule has 1 aromatic rings. The number of likely N-dealkylation sites (tertiary alicyclic amines) is 1. The summed E-state index contributed by atoms with van der Waals surface area (Å²) in [7, 11) is 0. The number of rotatable bonds is 5. The first-order valence-corrected chi connectivity index (χ1v) is 8.11. The lowest BCUT2D eigenvalue weighted by atomic mass is 10.0. The van der Waals surface area contributed by atoms with Gasteiger partial charge in [-0.15, -0.1) is 0 Å². The maximum atomic E-state index is 11.9. The summed E-state index contributed by atoms with van der Waals surface area (Å²) >= 11 is 0.